The first-order valence-corrected chi connectivity index (χ1v) is 10.2. The number of carbonyl (C=O) groups excluding carboxylic acids is 1. The van der Waals surface area contributed by atoms with Gasteiger partial charge in [-0.05, 0) is 56.2 Å². The molecule has 1 aliphatic rings. The molecule has 166 valence electrons. The second kappa shape index (κ2) is 8.22. The van der Waals surface area contributed by atoms with Crippen molar-refractivity contribution in [1.29, 1.82) is 0 Å². The fraction of sp³-hybridized carbons (Fsp3) is 0.304. The highest BCUT2D eigenvalue weighted by Crippen LogP contribution is 2.33. The van der Waals surface area contributed by atoms with Gasteiger partial charge in [0.05, 0.1) is 18.3 Å². The molecule has 0 radical (unpaired) electrons. The number of aromatic nitrogens is 3. The Hall–Kier alpha value is -3.49. The van der Waals surface area contributed by atoms with Gasteiger partial charge in [0.1, 0.15) is 11.5 Å². The number of hydrogen-bond acceptors (Lipinski definition) is 5. The van der Waals surface area contributed by atoms with Crippen LogP contribution in [0.5, 0.6) is 0 Å². The van der Waals surface area contributed by atoms with Crippen LogP contribution < -0.4 is 5.32 Å². The van der Waals surface area contributed by atoms with Crippen molar-refractivity contribution in [2.75, 3.05) is 11.9 Å². The Morgan fingerprint density at radius 2 is 1.88 bits per heavy atom. The van der Waals surface area contributed by atoms with Crippen molar-refractivity contribution < 1.29 is 18.0 Å². The zero-order valence-corrected chi connectivity index (χ0v) is 17.9. The second-order valence-electron chi connectivity index (χ2n) is 7.72. The number of nitrogens with one attached hydrogen (secondary N) is 1. The zero-order valence-electron chi connectivity index (χ0n) is 17.9. The maximum Gasteiger partial charge on any atom is 0.433 e. The number of halogens is 3. The summed E-state index contributed by atoms with van der Waals surface area (Å²) in [6, 6.07) is 5.90. The van der Waals surface area contributed by atoms with Gasteiger partial charge in [0.25, 0.3) is 5.91 Å². The Morgan fingerprint density at radius 3 is 2.56 bits per heavy atom. The quantitative estimate of drug-likeness (QED) is 0.602. The maximum atomic E-state index is 13.0. The van der Waals surface area contributed by atoms with Crippen molar-refractivity contribution in [3.05, 3.63) is 70.9 Å². The first kappa shape index (κ1) is 21.7. The molecule has 4 heterocycles. The minimum absolute atomic E-state index is 0.00509. The second-order valence-corrected chi connectivity index (χ2v) is 7.72. The van der Waals surface area contributed by atoms with Crippen LogP contribution in [-0.4, -0.2) is 32.3 Å². The fourth-order valence-electron chi connectivity index (χ4n) is 3.81. The van der Waals surface area contributed by atoms with E-state index in [0.717, 1.165) is 23.4 Å². The molecule has 1 N–H and O–H groups in total. The highest BCUT2D eigenvalue weighted by molar-refractivity contribution is 5.99. The summed E-state index contributed by atoms with van der Waals surface area (Å²) in [4.78, 5) is 26.5. The van der Waals surface area contributed by atoms with E-state index in [1.54, 1.807) is 23.4 Å². The number of aryl methyl sites for hydroxylation is 1. The predicted octanol–water partition coefficient (Wildman–Crippen LogP) is 5.01. The van der Waals surface area contributed by atoms with Gasteiger partial charge in [-0.2, -0.15) is 13.2 Å². The van der Waals surface area contributed by atoms with Crippen LogP contribution in [0.15, 0.2) is 42.9 Å². The van der Waals surface area contributed by atoms with Crippen molar-refractivity contribution >= 4 is 11.7 Å². The van der Waals surface area contributed by atoms with Crippen LogP contribution >= 0.6 is 0 Å². The topological polar surface area (TPSA) is 71.0 Å². The summed E-state index contributed by atoms with van der Waals surface area (Å²) in [6.07, 6.45) is -0.177. The summed E-state index contributed by atoms with van der Waals surface area (Å²) in [5, 5.41) is 3.33. The molecular formula is C23H22F3N5O. The van der Waals surface area contributed by atoms with Crippen LogP contribution in [0.3, 0.4) is 0 Å². The fourth-order valence-corrected chi connectivity index (χ4v) is 3.81. The molecule has 0 aliphatic carbocycles. The minimum atomic E-state index is -4.51. The summed E-state index contributed by atoms with van der Waals surface area (Å²) >= 11 is 0. The molecule has 4 rings (SSSR count). The summed E-state index contributed by atoms with van der Waals surface area (Å²) < 4.78 is 39.0. The van der Waals surface area contributed by atoms with Gasteiger partial charge >= 0.3 is 6.18 Å². The van der Waals surface area contributed by atoms with E-state index in [2.05, 4.69) is 20.3 Å². The Morgan fingerprint density at radius 1 is 1.12 bits per heavy atom. The third-order valence-electron chi connectivity index (χ3n) is 5.59. The number of hydrogen-bond donors (Lipinski definition) is 1. The van der Waals surface area contributed by atoms with Crippen LogP contribution in [0.4, 0.5) is 19.0 Å². The standard InChI is InChI=1S/C23H22F3N5O/c1-4-31-12-18-16(22(31)32)6-8-28-21(18)30-14(3)19-9-13(2)17(11-29-19)15-5-7-27-20(10-15)23(24,25)26/h5-11,14H,4,12H2,1-3H3,(H,28,30). The van der Waals surface area contributed by atoms with Gasteiger partial charge in [-0.1, -0.05) is 0 Å². The van der Waals surface area contributed by atoms with Gasteiger partial charge in [0.15, 0.2) is 0 Å². The molecule has 3 aromatic heterocycles. The third-order valence-corrected chi connectivity index (χ3v) is 5.59. The zero-order chi connectivity index (χ0) is 23.0. The van der Waals surface area contributed by atoms with Gasteiger partial charge in [0.2, 0.25) is 0 Å². The van der Waals surface area contributed by atoms with Gasteiger partial charge < -0.3 is 10.2 Å². The van der Waals surface area contributed by atoms with Crippen LogP contribution in [0.2, 0.25) is 0 Å². The summed E-state index contributed by atoms with van der Waals surface area (Å²) in [7, 11) is 0. The van der Waals surface area contributed by atoms with Gasteiger partial charge in [0, 0.05) is 41.8 Å². The Balaban J connectivity index is 1.58. The van der Waals surface area contributed by atoms with Gasteiger partial charge in [-0.15, -0.1) is 0 Å². The van der Waals surface area contributed by atoms with Crippen LogP contribution in [-0.2, 0) is 12.7 Å². The van der Waals surface area contributed by atoms with Crippen molar-refractivity contribution in [3.8, 4) is 11.1 Å². The van der Waals surface area contributed by atoms with E-state index in [4.69, 9.17) is 0 Å². The van der Waals surface area contributed by atoms with Crippen LogP contribution in [0.1, 0.15) is 52.8 Å². The number of carbonyl (C=O) groups is 1. The molecule has 0 aromatic carbocycles. The molecule has 0 bridgehead atoms. The molecule has 1 unspecified atom stereocenters. The Bertz CT molecular complexity index is 1180. The van der Waals surface area contributed by atoms with Gasteiger partial charge in [-0.3, -0.25) is 14.8 Å². The molecule has 0 saturated carbocycles. The van der Waals surface area contributed by atoms with Crippen molar-refractivity contribution in [2.45, 2.75) is 39.5 Å². The van der Waals surface area contributed by atoms with E-state index in [0.29, 0.717) is 41.3 Å². The number of rotatable bonds is 5. The summed E-state index contributed by atoms with van der Waals surface area (Å²) in [6.45, 7) is 6.81. The molecule has 1 amide bonds. The average molecular weight is 441 g/mol. The Kier molecular flexibility index (Phi) is 5.58. The molecule has 1 aliphatic heterocycles. The maximum absolute atomic E-state index is 13.0. The van der Waals surface area contributed by atoms with E-state index in [-0.39, 0.29) is 11.9 Å². The molecule has 32 heavy (non-hydrogen) atoms. The lowest BCUT2D eigenvalue weighted by atomic mass is 10.0. The van der Waals surface area contributed by atoms with E-state index in [9.17, 15) is 18.0 Å². The highest BCUT2D eigenvalue weighted by atomic mass is 19.4. The third kappa shape index (κ3) is 4.02. The normalized spacial score (nSPS) is 14.4. The lowest BCUT2D eigenvalue weighted by molar-refractivity contribution is -0.141. The van der Waals surface area contributed by atoms with Crippen molar-refractivity contribution in [2.24, 2.45) is 0 Å². The minimum Gasteiger partial charge on any atom is -0.362 e. The molecule has 1 atom stereocenters. The number of amides is 1. The molecule has 0 spiro atoms. The SMILES string of the molecule is CCN1Cc2c(ccnc2NC(C)c2cc(C)c(-c3ccnc(C(F)(F)F)c3)cn2)C1=O. The van der Waals surface area contributed by atoms with Crippen LogP contribution in [0.25, 0.3) is 11.1 Å². The first-order chi connectivity index (χ1) is 15.2. The molecule has 3 aromatic rings. The largest absolute Gasteiger partial charge is 0.433 e. The average Bonchev–Trinajstić information content (AvgIpc) is 3.10. The number of nitrogens with zero attached hydrogens (tertiary/aromatic N) is 4. The molecular weight excluding hydrogens is 419 g/mol. The first-order valence-electron chi connectivity index (χ1n) is 10.2. The highest BCUT2D eigenvalue weighted by Gasteiger charge is 2.33. The Labute approximate surface area is 183 Å². The predicted molar refractivity (Wildman–Crippen MR) is 114 cm³/mol. The summed E-state index contributed by atoms with van der Waals surface area (Å²) in [5.41, 5.74) is 3.09. The van der Waals surface area contributed by atoms with E-state index < -0.39 is 11.9 Å². The van der Waals surface area contributed by atoms with E-state index in [1.807, 2.05) is 26.8 Å². The van der Waals surface area contributed by atoms with E-state index >= 15 is 0 Å². The number of anilines is 1. The van der Waals surface area contributed by atoms with Crippen LogP contribution in [0, 0.1) is 6.92 Å². The smallest absolute Gasteiger partial charge is 0.362 e. The number of fused-ring (bicyclic) bond motifs is 1. The monoisotopic (exact) mass is 441 g/mol. The summed E-state index contributed by atoms with van der Waals surface area (Å²) in [5.74, 6) is 0.626. The molecule has 9 heteroatoms. The number of pyridine rings is 3. The van der Waals surface area contributed by atoms with Gasteiger partial charge in [-0.25, -0.2) is 4.98 Å². The lowest BCUT2D eigenvalue weighted by Crippen LogP contribution is -2.22. The van der Waals surface area contributed by atoms with Crippen molar-refractivity contribution in [3.63, 3.8) is 0 Å². The van der Waals surface area contributed by atoms with Crippen molar-refractivity contribution in [1.82, 2.24) is 19.9 Å². The molecule has 6 nitrogen and oxygen atoms in total. The number of alkyl halides is 3. The molecule has 0 saturated heterocycles. The lowest BCUT2D eigenvalue weighted by Gasteiger charge is -2.18. The van der Waals surface area contributed by atoms with E-state index in [1.165, 1.54) is 6.07 Å². The molecule has 0 fully saturated rings.